The largest absolute Gasteiger partial charge is 0.395 e. The Hall–Kier alpha value is -1.38. The molecule has 1 aromatic rings. The Bertz CT molecular complexity index is 468. The van der Waals surface area contributed by atoms with Crippen LogP contribution in [0.4, 0.5) is 10.9 Å². The van der Waals surface area contributed by atoms with Gasteiger partial charge in [-0.05, 0) is 6.42 Å². The van der Waals surface area contributed by atoms with Gasteiger partial charge >= 0.3 is 0 Å². The van der Waals surface area contributed by atoms with Crippen LogP contribution in [0.1, 0.15) is 23.0 Å². The lowest BCUT2D eigenvalue weighted by Gasteiger charge is -2.26. The molecule has 21 heavy (non-hydrogen) atoms. The van der Waals surface area contributed by atoms with E-state index in [1.54, 1.807) is 4.90 Å². The molecule has 0 aromatic carbocycles. The maximum atomic E-state index is 12.5. The van der Waals surface area contributed by atoms with E-state index in [4.69, 9.17) is 15.6 Å². The highest BCUT2D eigenvalue weighted by Crippen LogP contribution is 2.29. The summed E-state index contributed by atoms with van der Waals surface area (Å²) in [5.74, 6) is 0.117. The lowest BCUT2D eigenvalue weighted by Crippen LogP contribution is -2.36. The minimum absolute atomic E-state index is 0.0548. The third-order valence-electron chi connectivity index (χ3n) is 3.27. The van der Waals surface area contributed by atoms with Gasteiger partial charge in [0.2, 0.25) is 0 Å². The molecule has 0 saturated carbocycles. The number of nitrogens with zero attached hydrogens (tertiary/aromatic N) is 3. The van der Waals surface area contributed by atoms with Gasteiger partial charge in [-0.15, -0.1) is 0 Å². The molecule has 2 heterocycles. The van der Waals surface area contributed by atoms with Gasteiger partial charge in [0, 0.05) is 26.2 Å². The van der Waals surface area contributed by atoms with Crippen molar-refractivity contribution in [3.05, 3.63) is 4.88 Å². The number of hydrogen-bond donors (Lipinski definition) is 2. The number of rotatable bonds is 6. The van der Waals surface area contributed by atoms with Crippen molar-refractivity contribution in [1.29, 1.82) is 0 Å². The molecule has 1 aromatic heterocycles. The van der Waals surface area contributed by atoms with Crippen molar-refractivity contribution in [2.24, 2.45) is 0 Å². The number of anilines is 2. The first-order valence-electron chi connectivity index (χ1n) is 7.16. The fourth-order valence-corrected chi connectivity index (χ4v) is 3.22. The fourth-order valence-electron chi connectivity index (χ4n) is 2.21. The summed E-state index contributed by atoms with van der Waals surface area (Å²) < 4.78 is 5.31. The van der Waals surface area contributed by atoms with Crippen LogP contribution in [-0.2, 0) is 4.74 Å². The average Bonchev–Trinajstić information content (AvgIpc) is 2.89. The smallest absolute Gasteiger partial charge is 0.267 e. The van der Waals surface area contributed by atoms with E-state index in [1.165, 1.54) is 11.3 Å². The van der Waals surface area contributed by atoms with Crippen molar-refractivity contribution in [1.82, 2.24) is 9.88 Å². The summed E-state index contributed by atoms with van der Waals surface area (Å²) in [5.41, 5.74) is 5.91. The molecule has 0 bridgehead atoms. The highest BCUT2D eigenvalue weighted by molar-refractivity contribution is 7.18. The average molecular weight is 314 g/mol. The van der Waals surface area contributed by atoms with Crippen LogP contribution >= 0.6 is 11.3 Å². The van der Waals surface area contributed by atoms with E-state index in [0.29, 0.717) is 31.2 Å². The minimum Gasteiger partial charge on any atom is -0.395 e. The zero-order valence-electron chi connectivity index (χ0n) is 12.2. The summed E-state index contributed by atoms with van der Waals surface area (Å²) in [6.45, 7) is 5.70. The maximum absolute atomic E-state index is 12.5. The highest BCUT2D eigenvalue weighted by atomic mass is 32.1. The Labute approximate surface area is 128 Å². The van der Waals surface area contributed by atoms with Crippen LogP contribution in [0.15, 0.2) is 0 Å². The predicted octanol–water partition coefficient (Wildman–Crippen LogP) is 0.406. The normalized spacial score (nSPS) is 15.2. The van der Waals surface area contributed by atoms with Crippen LogP contribution in [0.2, 0.25) is 0 Å². The number of nitrogen functional groups attached to an aromatic ring is 1. The van der Waals surface area contributed by atoms with Gasteiger partial charge in [-0.2, -0.15) is 0 Å². The SMILES string of the molecule is CCCN(CCO)C(=O)c1sc(N2CCOCC2)nc1N. The molecule has 1 saturated heterocycles. The van der Waals surface area contributed by atoms with Crippen molar-refractivity contribution in [2.45, 2.75) is 13.3 Å². The van der Waals surface area contributed by atoms with E-state index < -0.39 is 0 Å². The molecule has 0 atom stereocenters. The van der Waals surface area contributed by atoms with E-state index in [1.807, 2.05) is 6.92 Å². The van der Waals surface area contributed by atoms with Gasteiger partial charge in [0.15, 0.2) is 5.13 Å². The summed E-state index contributed by atoms with van der Waals surface area (Å²) in [5, 5.41) is 9.84. The van der Waals surface area contributed by atoms with Gasteiger partial charge in [-0.25, -0.2) is 4.98 Å². The van der Waals surface area contributed by atoms with Gasteiger partial charge in [0.25, 0.3) is 5.91 Å². The molecule has 1 aliphatic heterocycles. The standard InChI is InChI=1S/C13H22N4O3S/c1-2-3-16(4-7-18)12(19)10-11(14)15-13(21-10)17-5-8-20-9-6-17/h18H,2-9,14H2,1H3. The number of carbonyl (C=O) groups is 1. The molecule has 0 spiro atoms. The first-order chi connectivity index (χ1) is 10.2. The topological polar surface area (TPSA) is 91.9 Å². The number of carbonyl (C=O) groups excluding carboxylic acids is 1. The first kappa shape index (κ1) is 16.0. The van der Waals surface area contributed by atoms with Crippen LogP contribution < -0.4 is 10.6 Å². The van der Waals surface area contributed by atoms with Gasteiger partial charge in [0.05, 0.1) is 19.8 Å². The number of nitrogens with two attached hydrogens (primary N) is 1. The van der Waals surface area contributed by atoms with Gasteiger partial charge in [-0.3, -0.25) is 4.79 Å². The van der Waals surface area contributed by atoms with E-state index >= 15 is 0 Å². The van der Waals surface area contributed by atoms with Crippen molar-refractivity contribution in [2.75, 3.05) is 56.6 Å². The van der Waals surface area contributed by atoms with Crippen LogP contribution in [0, 0.1) is 0 Å². The summed E-state index contributed by atoms with van der Waals surface area (Å²) in [7, 11) is 0. The third kappa shape index (κ3) is 3.84. The number of thiazole rings is 1. The second-order valence-corrected chi connectivity index (χ2v) is 5.80. The summed E-state index contributed by atoms with van der Waals surface area (Å²) in [6, 6.07) is 0. The first-order valence-corrected chi connectivity index (χ1v) is 7.98. The van der Waals surface area contributed by atoms with Crippen LogP contribution in [0.5, 0.6) is 0 Å². The zero-order chi connectivity index (χ0) is 15.2. The molecule has 0 unspecified atom stereocenters. The number of hydrogen-bond acceptors (Lipinski definition) is 7. The van der Waals surface area contributed by atoms with Gasteiger partial charge < -0.3 is 25.4 Å². The molecule has 8 heteroatoms. The van der Waals surface area contributed by atoms with Crippen molar-refractivity contribution < 1.29 is 14.6 Å². The fraction of sp³-hybridized carbons (Fsp3) is 0.692. The van der Waals surface area contributed by atoms with Gasteiger partial charge in [-0.1, -0.05) is 18.3 Å². The molecule has 118 valence electrons. The zero-order valence-corrected chi connectivity index (χ0v) is 13.1. The van der Waals surface area contributed by atoms with Crippen molar-refractivity contribution >= 4 is 28.2 Å². The second kappa shape index (κ2) is 7.58. The molecule has 1 amide bonds. The monoisotopic (exact) mass is 314 g/mol. The summed E-state index contributed by atoms with van der Waals surface area (Å²) >= 11 is 1.32. The van der Waals surface area contributed by atoms with Crippen LogP contribution in [0.3, 0.4) is 0 Å². The Morgan fingerprint density at radius 1 is 1.48 bits per heavy atom. The maximum Gasteiger partial charge on any atom is 0.267 e. The molecule has 1 aliphatic rings. The Kier molecular flexibility index (Phi) is 5.77. The second-order valence-electron chi connectivity index (χ2n) is 4.83. The molecule has 0 radical (unpaired) electrons. The van der Waals surface area contributed by atoms with Crippen molar-refractivity contribution in [3.8, 4) is 0 Å². The number of amides is 1. The molecule has 3 N–H and O–H groups in total. The Balaban J connectivity index is 2.14. The molecular weight excluding hydrogens is 292 g/mol. The molecular formula is C13H22N4O3S. The number of morpholine rings is 1. The van der Waals surface area contributed by atoms with E-state index in [2.05, 4.69) is 9.88 Å². The van der Waals surface area contributed by atoms with E-state index in [9.17, 15) is 4.79 Å². The predicted molar refractivity (Wildman–Crippen MR) is 82.8 cm³/mol. The van der Waals surface area contributed by atoms with Gasteiger partial charge in [0.1, 0.15) is 10.7 Å². The molecule has 0 aliphatic carbocycles. The minimum atomic E-state index is -0.152. The number of ether oxygens (including phenoxy) is 1. The lowest BCUT2D eigenvalue weighted by atomic mass is 10.3. The van der Waals surface area contributed by atoms with Crippen LogP contribution in [0.25, 0.3) is 0 Å². The lowest BCUT2D eigenvalue weighted by molar-refractivity contribution is 0.0727. The number of aliphatic hydroxyl groups excluding tert-OH is 1. The van der Waals surface area contributed by atoms with E-state index in [0.717, 1.165) is 24.6 Å². The molecule has 7 nitrogen and oxygen atoms in total. The van der Waals surface area contributed by atoms with Crippen LogP contribution in [-0.4, -0.2) is 66.9 Å². The highest BCUT2D eigenvalue weighted by Gasteiger charge is 2.24. The quantitative estimate of drug-likeness (QED) is 0.790. The van der Waals surface area contributed by atoms with E-state index in [-0.39, 0.29) is 18.3 Å². The summed E-state index contributed by atoms with van der Waals surface area (Å²) in [4.78, 5) is 21.0. The Morgan fingerprint density at radius 2 is 2.19 bits per heavy atom. The number of aromatic nitrogens is 1. The third-order valence-corrected chi connectivity index (χ3v) is 4.39. The Morgan fingerprint density at radius 3 is 2.81 bits per heavy atom. The summed E-state index contributed by atoms with van der Waals surface area (Å²) in [6.07, 6.45) is 0.834. The number of aliphatic hydroxyl groups is 1. The van der Waals surface area contributed by atoms with Crippen molar-refractivity contribution in [3.63, 3.8) is 0 Å². The molecule has 2 rings (SSSR count). The molecule has 1 fully saturated rings.